The van der Waals surface area contributed by atoms with Crippen LogP contribution >= 0.6 is 0 Å². The standard InChI is InChI=1S/C38H24N4/c1-2-12-25(13-3-1)37-30-17-4-8-18-32(30)39-38(40-37)42-35-21-11-7-16-29(35)31-24-26(22-23-36(31)42)41-33-19-9-5-14-27(33)28-15-6-10-20-34(28)41/h1-24H. The van der Waals surface area contributed by atoms with Crippen molar-refractivity contribution >= 4 is 54.5 Å². The fourth-order valence-electron chi connectivity index (χ4n) is 6.50. The molecule has 0 saturated carbocycles. The van der Waals surface area contributed by atoms with E-state index in [1.807, 2.05) is 12.1 Å². The number of hydrogen-bond donors (Lipinski definition) is 0. The van der Waals surface area contributed by atoms with Crippen LogP contribution in [-0.4, -0.2) is 19.1 Å². The molecule has 0 bridgehead atoms. The Morgan fingerprint density at radius 1 is 0.381 bits per heavy atom. The van der Waals surface area contributed by atoms with Crippen LogP contribution in [-0.2, 0) is 0 Å². The van der Waals surface area contributed by atoms with Gasteiger partial charge in [0.1, 0.15) is 0 Å². The molecule has 4 nitrogen and oxygen atoms in total. The molecule has 0 unspecified atom stereocenters. The number of hydrogen-bond acceptors (Lipinski definition) is 2. The van der Waals surface area contributed by atoms with Crippen molar-refractivity contribution in [1.82, 2.24) is 19.1 Å². The molecule has 6 aromatic carbocycles. The first-order valence-corrected chi connectivity index (χ1v) is 14.2. The summed E-state index contributed by atoms with van der Waals surface area (Å²) in [5.41, 5.74) is 8.63. The maximum absolute atomic E-state index is 5.21. The van der Waals surface area contributed by atoms with Crippen LogP contribution in [0.25, 0.3) is 77.4 Å². The van der Waals surface area contributed by atoms with E-state index in [4.69, 9.17) is 9.97 Å². The van der Waals surface area contributed by atoms with E-state index < -0.39 is 0 Å². The maximum atomic E-state index is 5.21. The van der Waals surface area contributed by atoms with Gasteiger partial charge in [-0.05, 0) is 42.5 Å². The van der Waals surface area contributed by atoms with Gasteiger partial charge in [-0.2, -0.15) is 0 Å². The highest BCUT2D eigenvalue weighted by Gasteiger charge is 2.19. The number of aromatic nitrogens is 4. The van der Waals surface area contributed by atoms with Gasteiger partial charge in [-0.3, -0.25) is 4.57 Å². The van der Waals surface area contributed by atoms with Crippen molar-refractivity contribution in [3.8, 4) is 22.9 Å². The zero-order valence-corrected chi connectivity index (χ0v) is 22.6. The van der Waals surface area contributed by atoms with E-state index in [-0.39, 0.29) is 0 Å². The lowest BCUT2D eigenvalue weighted by atomic mass is 10.1. The van der Waals surface area contributed by atoms with Crippen molar-refractivity contribution in [2.24, 2.45) is 0 Å². The topological polar surface area (TPSA) is 35.6 Å². The Labute approximate surface area is 241 Å². The second kappa shape index (κ2) is 8.88. The van der Waals surface area contributed by atoms with Crippen molar-refractivity contribution in [3.63, 3.8) is 0 Å². The van der Waals surface area contributed by atoms with Gasteiger partial charge >= 0.3 is 0 Å². The summed E-state index contributed by atoms with van der Waals surface area (Å²) < 4.78 is 4.58. The highest BCUT2D eigenvalue weighted by molar-refractivity contribution is 6.12. The van der Waals surface area contributed by atoms with Crippen LogP contribution in [0.4, 0.5) is 0 Å². The minimum absolute atomic E-state index is 0.670. The Balaban J connectivity index is 1.34. The molecule has 0 fully saturated rings. The van der Waals surface area contributed by atoms with Crippen LogP contribution in [0.5, 0.6) is 0 Å². The third kappa shape index (κ3) is 3.29. The fourth-order valence-corrected chi connectivity index (χ4v) is 6.50. The van der Waals surface area contributed by atoms with Gasteiger partial charge in [0.15, 0.2) is 0 Å². The summed E-state index contributed by atoms with van der Waals surface area (Å²) in [4.78, 5) is 10.3. The zero-order chi connectivity index (χ0) is 27.6. The SMILES string of the molecule is c1ccc(-c2nc(-n3c4ccccc4c4cc(-n5c6ccccc6c6ccccc65)ccc43)nc3ccccc23)cc1. The van der Waals surface area contributed by atoms with Gasteiger partial charge in [0, 0.05) is 38.2 Å². The summed E-state index contributed by atoms with van der Waals surface area (Å²) in [6.45, 7) is 0. The highest BCUT2D eigenvalue weighted by atomic mass is 15.2. The molecule has 0 aliphatic heterocycles. The molecule has 196 valence electrons. The third-order valence-electron chi connectivity index (χ3n) is 8.33. The molecule has 4 heteroatoms. The van der Waals surface area contributed by atoms with Crippen LogP contribution in [0.15, 0.2) is 146 Å². The van der Waals surface area contributed by atoms with Crippen LogP contribution in [0.3, 0.4) is 0 Å². The Morgan fingerprint density at radius 3 is 1.60 bits per heavy atom. The summed E-state index contributed by atoms with van der Waals surface area (Å²) in [5.74, 6) is 0.670. The predicted molar refractivity (Wildman–Crippen MR) is 174 cm³/mol. The van der Waals surface area contributed by atoms with Gasteiger partial charge in [-0.25, -0.2) is 9.97 Å². The largest absolute Gasteiger partial charge is 0.309 e. The molecular formula is C38H24N4. The van der Waals surface area contributed by atoms with E-state index in [0.29, 0.717) is 5.95 Å². The lowest BCUT2D eigenvalue weighted by molar-refractivity contribution is 1.01. The predicted octanol–water partition coefficient (Wildman–Crippen LogP) is 9.49. The molecule has 0 N–H and O–H groups in total. The van der Waals surface area contributed by atoms with Crippen LogP contribution in [0.1, 0.15) is 0 Å². The van der Waals surface area contributed by atoms with Crippen molar-refractivity contribution in [3.05, 3.63) is 146 Å². The molecule has 42 heavy (non-hydrogen) atoms. The summed E-state index contributed by atoms with van der Waals surface area (Å²) in [6, 6.07) is 51.2. The average Bonchev–Trinajstić information content (AvgIpc) is 3.57. The van der Waals surface area contributed by atoms with Crippen molar-refractivity contribution in [1.29, 1.82) is 0 Å². The number of benzene rings is 6. The van der Waals surface area contributed by atoms with Gasteiger partial charge in [0.05, 0.1) is 33.3 Å². The van der Waals surface area contributed by atoms with Gasteiger partial charge in [0.2, 0.25) is 5.95 Å². The Hall–Kier alpha value is -5.74. The van der Waals surface area contributed by atoms with Crippen molar-refractivity contribution < 1.29 is 0 Å². The first-order chi connectivity index (χ1) is 20.8. The number of nitrogens with zero attached hydrogens (tertiary/aromatic N) is 4. The second-order valence-electron chi connectivity index (χ2n) is 10.7. The summed E-state index contributed by atoms with van der Waals surface area (Å²) >= 11 is 0. The quantitative estimate of drug-likeness (QED) is 0.225. The van der Waals surface area contributed by atoms with Gasteiger partial charge < -0.3 is 4.57 Å². The lowest BCUT2D eigenvalue weighted by Gasteiger charge is -2.12. The van der Waals surface area contributed by atoms with Crippen molar-refractivity contribution in [2.45, 2.75) is 0 Å². The number of para-hydroxylation sites is 4. The van der Waals surface area contributed by atoms with Gasteiger partial charge in [-0.1, -0.05) is 103 Å². The number of rotatable bonds is 3. The molecule has 0 saturated heterocycles. The third-order valence-corrected chi connectivity index (χ3v) is 8.33. The molecule has 3 heterocycles. The molecule has 0 radical (unpaired) electrons. The van der Waals surface area contributed by atoms with Crippen LogP contribution in [0, 0.1) is 0 Å². The molecule has 9 aromatic rings. The Bertz CT molecular complexity index is 2410. The Morgan fingerprint density at radius 2 is 0.905 bits per heavy atom. The van der Waals surface area contributed by atoms with E-state index in [2.05, 4.69) is 143 Å². The average molecular weight is 537 g/mol. The van der Waals surface area contributed by atoms with Crippen LogP contribution in [0.2, 0.25) is 0 Å². The minimum atomic E-state index is 0.670. The summed E-state index contributed by atoms with van der Waals surface area (Å²) in [7, 11) is 0. The summed E-state index contributed by atoms with van der Waals surface area (Å²) in [5, 5.41) is 5.90. The van der Waals surface area contributed by atoms with E-state index in [0.717, 1.165) is 38.9 Å². The maximum Gasteiger partial charge on any atom is 0.235 e. The highest BCUT2D eigenvalue weighted by Crippen LogP contribution is 2.37. The molecule has 9 rings (SSSR count). The molecule has 0 spiro atoms. The molecular weight excluding hydrogens is 512 g/mol. The van der Waals surface area contributed by atoms with Gasteiger partial charge in [-0.15, -0.1) is 0 Å². The molecule has 0 aliphatic carbocycles. The van der Waals surface area contributed by atoms with E-state index in [1.165, 1.54) is 32.6 Å². The molecule has 3 aromatic heterocycles. The van der Waals surface area contributed by atoms with E-state index in [1.54, 1.807) is 0 Å². The first kappa shape index (κ1) is 23.0. The lowest BCUT2D eigenvalue weighted by Crippen LogP contribution is -2.03. The number of fused-ring (bicyclic) bond motifs is 7. The van der Waals surface area contributed by atoms with E-state index in [9.17, 15) is 0 Å². The second-order valence-corrected chi connectivity index (χ2v) is 10.7. The summed E-state index contributed by atoms with van der Waals surface area (Å²) in [6.07, 6.45) is 0. The smallest absolute Gasteiger partial charge is 0.235 e. The Kier molecular flexibility index (Phi) is 4.87. The monoisotopic (exact) mass is 536 g/mol. The van der Waals surface area contributed by atoms with Gasteiger partial charge in [0.25, 0.3) is 0 Å². The molecule has 0 amide bonds. The van der Waals surface area contributed by atoms with Crippen molar-refractivity contribution in [2.75, 3.05) is 0 Å². The first-order valence-electron chi connectivity index (χ1n) is 14.2. The zero-order valence-electron chi connectivity index (χ0n) is 22.6. The fraction of sp³-hybridized carbons (Fsp3) is 0. The minimum Gasteiger partial charge on any atom is -0.309 e. The molecule has 0 atom stereocenters. The van der Waals surface area contributed by atoms with Crippen LogP contribution < -0.4 is 0 Å². The normalized spacial score (nSPS) is 11.8. The van der Waals surface area contributed by atoms with E-state index >= 15 is 0 Å². The molecule has 0 aliphatic rings.